The Kier molecular flexibility index (Phi) is 4.62. The first-order chi connectivity index (χ1) is 11.2. The molecule has 1 aliphatic heterocycles. The zero-order valence-electron chi connectivity index (χ0n) is 13.3. The van der Waals surface area contributed by atoms with Gasteiger partial charge in [0.25, 0.3) is 5.91 Å². The molecular weight excluding hydrogens is 292 g/mol. The summed E-state index contributed by atoms with van der Waals surface area (Å²) in [5, 5.41) is 4.30. The summed E-state index contributed by atoms with van der Waals surface area (Å²) in [4.78, 5) is 14.3. The van der Waals surface area contributed by atoms with E-state index in [0.29, 0.717) is 12.1 Å². The minimum atomic E-state index is 0.0397. The number of amides is 1. The van der Waals surface area contributed by atoms with Crippen molar-refractivity contribution in [3.63, 3.8) is 0 Å². The lowest BCUT2D eigenvalue weighted by Gasteiger charge is -2.29. The summed E-state index contributed by atoms with van der Waals surface area (Å²) in [7, 11) is 1.65. The standard InChI is InChI=1S/C17H22N4O2/c1-23-16-4-2-13(3-5-16)11-21-12-14(10-19-21)17(22)20-8-6-15(18)7-9-20/h2-5,10,12,15H,6-9,11,18H2,1H3. The number of nitrogens with zero attached hydrogens (tertiary/aromatic N) is 3. The number of benzene rings is 1. The van der Waals surface area contributed by atoms with E-state index in [1.807, 2.05) is 29.2 Å². The Labute approximate surface area is 135 Å². The van der Waals surface area contributed by atoms with E-state index in [9.17, 15) is 4.79 Å². The van der Waals surface area contributed by atoms with Gasteiger partial charge in [-0.2, -0.15) is 5.10 Å². The smallest absolute Gasteiger partial charge is 0.257 e. The lowest BCUT2D eigenvalue weighted by molar-refractivity contribution is 0.0714. The van der Waals surface area contributed by atoms with Gasteiger partial charge in [0.1, 0.15) is 5.75 Å². The first kappa shape index (κ1) is 15.6. The Morgan fingerprint density at radius 2 is 2.00 bits per heavy atom. The first-order valence-corrected chi connectivity index (χ1v) is 7.86. The minimum Gasteiger partial charge on any atom is -0.497 e. The molecule has 6 heteroatoms. The fourth-order valence-electron chi connectivity index (χ4n) is 2.76. The molecular formula is C17H22N4O2. The van der Waals surface area contributed by atoms with Gasteiger partial charge in [0.15, 0.2) is 0 Å². The zero-order chi connectivity index (χ0) is 16.2. The van der Waals surface area contributed by atoms with E-state index in [-0.39, 0.29) is 11.9 Å². The summed E-state index contributed by atoms with van der Waals surface area (Å²) < 4.78 is 6.93. The third-order valence-corrected chi connectivity index (χ3v) is 4.21. The molecule has 0 atom stereocenters. The number of methoxy groups -OCH3 is 1. The normalized spacial score (nSPS) is 15.7. The van der Waals surface area contributed by atoms with Crippen molar-refractivity contribution < 1.29 is 9.53 Å². The van der Waals surface area contributed by atoms with Crippen molar-refractivity contribution in [2.24, 2.45) is 5.73 Å². The summed E-state index contributed by atoms with van der Waals surface area (Å²) in [5.41, 5.74) is 7.62. The fourth-order valence-corrected chi connectivity index (χ4v) is 2.76. The lowest BCUT2D eigenvalue weighted by Crippen LogP contribution is -2.42. The van der Waals surface area contributed by atoms with E-state index in [1.165, 1.54) is 0 Å². The average Bonchev–Trinajstić information content (AvgIpc) is 3.04. The number of piperidine rings is 1. The molecule has 2 N–H and O–H groups in total. The van der Waals surface area contributed by atoms with Crippen LogP contribution in [0.4, 0.5) is 0 Å². The number of aromatic nitrogens is 2. The van der Waals surface area contributed by atoms with Crippen LogP contribution in [-0.4, -0.2) is 46.8 Å². The molecule has 0 unspecified atom stereocenters. The van der Waals surface area contributed by atoms with Crippen molar-refractivity contribution >= 4 is 5.91 Å². The van der Waals surface area contributed by atoms with Gasteiger partial charge in [-0.15, -0.1) is 0 Å². The molecule has 2 heterocycles. The zero-order valence-corrected chi connectivity index (χ0v) is 13.3. The second kappa shape index (κ2) is 6.83. The predicted molar refractivity (Wildman–Crippen MR) is 87.4 cm³/mol. The summed E-state index contributed by atoms with van der Waals surface area (Å²) in [6.45, 7) is 2.08. The SMILES string of the molecule is COc1ccc(Cn2cc(C(=O)N3CCC(N)CC3)cn2)cc1. The van der Waals surface area contributed by atoms with Crippen LogP contribution in [0.25, 0.3) is 0 Å². The monoisotopic (exact) mass is 314 g/mol. The third-order valence-electron chi connectivity index (χ3n) is 4.21. The van der Waals surface area contributed by atoms with Gasteiger partial charge in [-0.25, -0.2) is 0 Å². The average molecular weight is 314 g/mol. The molecule has 0 bridgehead atoms. The Balaban J connectivity index is 1.64. The van der Waals surface area contributed by atoms with Gasteiger partial charge >= 0.3 is 0 Å². The molecule has 1 aromatic heterocycles. The molecule has 2 aromatic rings. The molecule has 1 saturated heterocycles. The number of ether oxygens (including phenoxy) is 1. The number of rotatable bonds is 4. The highest BCUT2D eigenvalue weighted by Crippen LogP contribution is 2.14. The highest BCUT2D eigenvalue weighted by Gasteiger charge is 2.22. The van der Waals surface area contributed by atoms with Crippen LogP contribution in [0.5, 0.6) is 5.75 Å². The van der Waals surface area contributed by atoms with Crippen LogP contribution in [0.15, 0.2) is 36.7 Å². The summed E-state index contributed by atoms with van der Waals surface area (Å²) in [6.07, 6.45) is 5.18. The summed E-state index contributed by atoms with van der Waals surface area (Å²) >= 11 is 0. The van der Waals surface area contributed by atoms with E-state index in [2.05, 4.69) is 5.10 Å². The van der Waals surface area contributed by atoms with E-state index in [4.69, 9.17) is 10.5 Å². The predicted octanol–water partition coefficient (Wildman–Crippen LogP) is 1.50. The topological polar surface area (TPSA) is 73.4 Å². The maximum absolute atomic E-state index is 12.5. The molecule has 122 valence electrons. The van der Waals surface area contributed by atoms with E-state index >= 15 is 0 Å². The molecule has 1 amide bonds. The molecule has 23 heavy (non-hydrogen) atoms. The quantitative estimate of drug-likeness (QED) is 0.928. The number of likely N-dealkylation sites (tertiary alicyclic amines) is 1. The van der Waals surface area contributed by atoms with Crippen molar-refractivity contribution in [2.75, 3.05) is 20.2 Å². The first-order valence-electron chi connectivity index (χ1n) is 7.86. The van der Waals surface area contributed by atoms with Crippen molar-refractivity contribution in [3.8, 4) is 5.75 Å². The summed E-state index contributed by atoms with van der Waals surface area (Å²) in [5.74, 6) is 0.867. The maximum Gasteiger partial charge on any atom is 0.257 e. The number of carbonyl (C=O) groups excluding carboxylic acids is 1. The van der Waals surface area contributed by atoms with Crippen LogP contribution in [0.1, 0.15) is 28.8 Å². The molecule has 6 nitrogen and oxygen atoms in total. The molecule has 1 aliphatic rings. The van der Waals surface area contributed by atoms with Crippen LogP contribution in [0.3, 0.4) is 0 Å². The molecule has 1 aromatic carbocycles. The maximum atomic E-state index is 12.5. The van der Waals surface area contributed by atoms with Crippen LogP contribution in [-0.2, 0) is 6.54 Å². The number of hydrogen-bond acceptors (Lipinski definition) is 4. The Bertz CT molecular complexity index is 657. The van der Waals surface area contributed by atoms with E-state index in [0.717, 1.165) is 37.2 Å². The summed E-state index contributed by atoms with van der Waals surface area (Å²) in [6, 6.07) is 8.04. The molecule has 0 radical (unpaired) electrons. The van der Waals surface area contributed by atoms with E-state index < -0.39 is 0 Å². The highest BCUT2D eigenvalue weighted by molar-refractivity contribution is 5.93. The van der Waals surface area contributed by atoms with Crippen molar-refractivity contribution in [1.82, 2.24) is 14.7 Å². The minimum absolute atomic E-state index is 0.0397. The van der Waals surface area contributed by atoms with Gasteiger partial charge in [-0.1, -0.05) is 12.1 Å². The van der Waals surface area contributed by atoms with Crippen LogP contribution >= 0.6 is 0 Å². The van der Waals surface area contributed by atoms with Crippen LogP contribution in [0, 0.1) is 0 Å². The second-order valence-electron chi connectivity index (χ2n) is 5.90. The Morgan fingerprint density at radius 1 is 1.30 bits per heavy atom. The second-order valence-corrected chi connectivity index (χ2v) is 5.90. The van der Waals surface area contributed by atoms with Crippen molar-refractivity contribution in [1.29, 1.82) is 0 Å². The van der Waals surface area contributed by atoms with Gasteiger partial charge in [-0.3, -0.25) is 9.48 Å². The molecule has 3 rings (SSSR count). The third kappa shape index (κ3) is 3.71. The van der Waals surface area contributed by atoms with Gasteiger partial charge in [0, 0.05) is 25.3 Å². The highest BCUT2D eigenvalue weighted by atomic mass is 16.5. The van der Waals surface area contributed by atoms with Gasteiger partial charge in [0.2, 0.25) is 0 Å². The van der Waals surface area contributed by atoms with Crippen LogP contribution in [0.2, 0.25) is 0 Å². The van der Waals surface area contributed by atoms with Gasteiger partial charge in [0.05, 0.1) is 25.4 Å². The Hall–Kier alpha value is -2.34. The lowest BCUT2D eigenvalue weighted by atomic mass is 10.1. The molecule has 0 saturated carbocycles. The van der Waals surface area contributed by atoms with Crippen LogP contribution < -0.4 is 10.5 Å². The van der Waals surface area contributed by atoms with Crippen molar-refractivity contribution in [2.45, 2.75) is 25.4 Å². The molecule has 0 spiro atoms. The fraction of sp³-hybridized carbons (Fsp3) is 0.412. The van der Waals surface area contributed by atoms with Crippen molar-refractivity contribution in [3.05, 3.63) is 47.8 Å². The molecule has 1 fully saturated rings. The van der Waals surface area contributed by atoms with Gasteiger partial charge < -0.3 is 15.4 Å². The number of carbonyl (C=O) groups is 1. The van der Waals surface area contributed by atoms with E-state index in [1.54, 1.807) is 24.2 Å². The number of nitrogens with two attached hydrogens (primary N) is 1. The Morgan fingerprint density at radius 3 is 2.65 bits per heavy atom. The van der Waals surface area contributed by atoms with Gasteiger partial charge in [-0.05, 0) is 30.5 Å². The molecule has 0 aliphatic carbocycles. The largest absolute Gasteiger partial charge is 0.497 e. The number of hydrogen-bond donors (Lipinski definition) is 1.